The van der Waals surface area contributed by atoms with Gasteiger partial charge in [0.05, 0.1) is 6.04 Å². The van der Waals surface area contributed by atoms with Gasteiger partial charge in [0.2, 0.25) is 0 Å². The first-order valence-corrected chi connectivity index (χ1v) is 4.02. The third kappa shape index (κ3) is 0.982. The van der Waals surface area contributed by atoms with Crippen LogP contribution in [-0.4, -0.2) is 15.0 Å². The number of hydrogen-bond acceptors (Lipinski definition) is 3. The van der Waals surface area contributed by atoms with Crippen LogP contribution in [0.4, 0.5) is 5.82 Å². The minimum absolute atomic E-state index is 0.544. The molecule has 4 nitrogen and oxygen atoms in total. The number of nitrogen functional groups attached to an aromatic ring is 1. The van der Waals surface area contributed by atoms with Gasteiger partial charge in [-0.1, -0.05) is 12.1 Å². The molecule has 0 unspecified atom stereocenters. The van der Waals surface area contributed by atoms with Crippen molar-refractivity contribution in [1.29, 1.82) is 0 Å². The molecule has 0 saturated heterocycles. The summed E-state index contributed by atoms with van der Waals surface area (Å²) in [7, 11) is 0. The van der Waals surface area contributed by atoms with Gasteiger partial charge in [-0.25, -0.2) is 4.68 Å². The molecule has 0 spiro atoms. The van der Waals surface area contributed by atoms with Crippen molar-refractivity contribution in [2.45, 2.75) is 32.2 Å². The Hall–Kier alpha value is -1.06. The Morgan fingerprint density at radius 1 is 1.64 bits per heavy atom. The maximum absolute atomic E-state index is 5.79. The molecule has 11 heavy (non-hydrogen) atoms. The van der Waals surface area contributed by atoms with Gasteiger partial charge in [-0.05, 0) is 19.3 Å². The van der Waals surface area contributed by atoms with Crippen LogP contribution in [0.25, 0.3) is 0 Å². The summed E-state index contributed by atoms with van der Waals surface area (Å²) in [5.41, 5.74) is 6.72. The molecule has 60 valence electrons. The molecule has 1 fully saturated rings. The number of nitrogens with two attached hydrogens (primary N) is 1. The quantitative estimate of drug-likeness (QED) is 0.680. The molecule has 0 amide bonds. The average molecular weight is 152 g/mol. The smallest absolute Gasteiger partial charge is 0.145 e. The Balaban J connectivity index is 2.33. The fourth-order valence-corrected chi connectivity index (χ4v) is 1.17. The molecule has 1 saturated carbocycles. The molecule has 1 heterocycles. The van der Waals surface area contributed by atoms with E-state index < -0.39 is 0 Å². The van der Waals surface area contributed by atoms with Crippen LogP contribution in [0.15, 0.2) is 0 Å². The van der Waals surface area contributed by atoms with E-state index in [4.69, 9.17) is 5.73 Å². The van der Waals surface area contributed by atoms with Gasteiger partial charge in [-0.15, -0.1) is 5.10 Å². The van der Waals surface area contributed by atoms with Gasteiger partial charge >= 0.3 is 0 Å². The summed E-state index contributed by atoms with van der Waals surface area (Å²) in [4.78, 5) is 0. The zero-order valence-corrected chi connectivity index (χ0v) is 6.62. The van der Waals surface area contributed by atoms with E-state index in [0.29, 0.717) is 6.04 Å². The highest BCUT2D eigenvalue weighted by molar-refractivity contribution is 5.34. The standard InChI is InChI=1S/C7H12N4/c1-2-6-7(8)11(10-9-6)5-3-4-5/h5H,2-4,8H2,1H3. The van der Waals surface area contributed by atoms with Crippen molar-refractivity contribution in [2.24, 2.45) is 0 Å². The van der Waals surface area contributed by atoms with Crippen molar-refractivity contribution in [3.8, 4) is 0 Å². The molecule has 1 aliphatic rings. The van der Waals surface area contributed by atoms with Crippen molar-refractivity contribution in [1.82, 2.24) is 15.0 Å². The number of nitrogens with zero attached hydrogens (tertiary/aromatic N) is 3. The lowest BCUT2D eigenvalue weighted by Crippen LogP contribution is -2.02. The number of aromatic nitrogens is 3. The first-order chi connectivity index (χ1) is 5.33. The highest BCUT2D eigenvalue weighted by atomic mass is 15.5. The second-order valence-corrected chi connectivity index (χ2v) is 2.95. The summed E-state index contributed by atoms with van der Waals surface area (Å²) >= 11 is 0. The lowest BCUT2D eigenvalue weighted by Gasteiger charge is -1.97. The van der Waals surface area contributed by atoms with Gasteiger partial charge in [-0.3, -0.25) is 0 Å². The Kier molecular flexibility index (Phi) is 1.34. The van der Waals surface area contributed by atoms with E-state index in [1.54, 1.807) is 0 Å². The summed E-state index contributed by atoms with van der Waals surface area (Å²) in [5.74, 6) is 0.759. The van der Waals surface area contributed by atoms with Crippen LogP contribution in [0.3, 0.4) is 0 Å². The largest absolute Gasteiger partial charge is 0.382 e. The molecule has 0 aliphatic heterocycles. The van der Waals surface area contributed by atoms with Crippen molar-refractivity contribution >= 4 is 5.82 Å². The molecule has 0 atom stereocenters. The molecule has 4 heteroatoms. The third-order valence-corrected chi connectivity index (χ3v) is 2.03. The van der Waals surface area contributed by atoms with Crippen molar-refractivity contribution in [3.63, 3.8) is 0 Å². The van der Waals surface area contributed by atoms with Gasteiger partial charge in [0.1, 0.15) is 11.5 Å². The fraction of sp³-hybridized carbons (Fsp3) is 0.714. The maximum atomic E-state index is 5.79. The summed E-state index contributed by atoms with van der Waals surface area (Å²) in [6.07, 6.45) is 3.28. The van der Waals surface area contributed by atoms with E-state index in [9.17, 15) is 0 Å². The molecule has 0 aromatic carbocycles. The molecule has 1 aliphatic carbocycles. The van der Waals surface area contributed by atoms with E-state index in [1.165, 1.54) is 12.8 Å². The van der Waals surface area contributed by atoms with Crippen LogP contribution in [0.2, 0.25) is 0 Å². The Labute approximate surface area is 65.4 Å². The second-order valence-electron chi connectivity index (χ2n) is 2.95. The van der Waals surface area contributed by atoms with Crippen molar-refractivity contribution < 1.29 is 0 Å². The zero-order chi connectivity index (χ0) is 7.84. The number of anilines is 1. The lowest BCUT2D eigenvalue weighted by atomic mass is 10.3. The first kappa shape index (κ1) is 6.64. The second kappa shape index (κ2) is 2.22. The molecular weight excluding hydrogens is 140 g/mol. The van der Waals surface area contributed by atoms with Gasteiger partial charge in [0.25, 0.3) is 0 Å². The van der Waals surface area contributed by atoms with Crippen molar-refractivity contribution in [2.75, 3.05) is 5.73 Å². The zero-order valence-electron chi connectivity index (χ0n) is 6.62. The van der Waals surface area contributed by atoms with E-state index in [1.807, 2.05) is 11.6 Å². The van der Waals surface area contributed by atoms with E-state index >= 15 is 0 Å². The molecule has 0 radical (unpaired) electrons. The first-order valence-electron chi connectivity index (χ1n) is 4.02. The normalized spacial score (nSPS) is 17.2. The summed E-state index contributed by atoms with van der Waals surface area (Å²) in [6.45, 7) is 2.04. The minimum atomic E-state index is 0.544. The maximum Gasteiger partial charge on any atom is 0.145 e. The molecule has 1 aromatic rings. The topological polar surface area (TPSA) is 56.7 Å². The van der Waals surface area contributed by atoms with E-state index in [0.717, 1.165) is 17.9 Å². The van der Waals surface area contributed by atoms with Crippen molar-refractivity contribution in [3.05, 3.63) is 5.69 Å². The number of aryl methyl sites for hydroxylation is 1. The molecular formula is C7H12N4. The predicted molar refractivity (Wildman–Crippen MR) is 42.1 cm³/mol. The SMILES string of the molecule is CCc1nnn(C2CC2)c1N. The Morgan fingerprint density at radius 2 is 2.36 bits per heavy atom. The lowest BCUT2D eigenvalue weighted by molar-refractivity contribution is 0.618. The van der Waals surface area contributed by atoms with Crippen LogP contribution in [-0.2, 0) is 6.42 Å². The third-order valence-electron chi connectivity index (χ3n) is 2.03. The monoisotopic (exact) mass is 152 g/mol. The predicted octanol–water partition coefficient (Wildman–Crippen LogP) is 0.758. The minimum Gasteiger partial charge on any atom is -0.382 e. The van der Waals surface area contributed by atoms with Gasteiger partial charge in [0, 0.05) is 0 Å². The summed E-state index contributed by atoms with van der Waals surface area (Å²) in [5, 5.41) is 7.97. The Morgan fingerprint density at radius 3 is 2.82 bits per heavy atom. The van der Waals surface area contributed by atoms with Gasteiger partial charge in [0.15, 0.2) is 0 Å². The highest BCUT2D eigenvalue weighted by Gasteiger charge is 2.27. The van der Waals surface area contributed by atoms with E-state index in [-0.39, 0.29) is 0 Å². The molecule has 0 bridgehead atoms. The van der Waals surface area contributed by atoms with Crippen LogP contribution in [0.1, 0.15) is 31.5 Å². The molecule has 2 rings (SSSR count). The van der Waals surface area contributed by atoms with Gasteiger partial charge < -0.3 is 5.73 Å². The fourth-order valence-electron chi connectivity index (χ4n) is 1.17. The summed E-state index contributed by atoms with van der Waals surface area (Å²) < 4.78 is 1.85. The van der Waals surface area contributed by atoms with Crippen LogP contribution in [0, 0.1) is 0 Å². The van der Waals surface area contributed by atoms with Crippen LogP contribution < -0.4 is 5.73 Å². The molecule has 2 N–H and O–H groups in total. The van der Waals surface area contributed by atoms with E-state index in [2.05, 4.69) is 10.3 Å². The summed E-state index contributed by atoms with van der Waals surface area (Å²) in [6, 6.07) is 0.544. The number of hydrogen-bond donors (Lipinski definition) is 1. The average Bonchev–Trinajstić information content (AvgIpc) is 2.77. The van der Waals surface area contributed by atoms with Crippen LogP contribution >= 0.6 is 0 Å². The van der Waals surface area contributed by atoms with Gasteiger partial charge in [-0.2, -0.15) is 0 Å². The number of rotatable bonds is 2. The van der Waals surface area contributed by atoms with Crippen LogP contribution in [0.5, 0.6) is 0 Å². The Bertz CT molecular complexity index is 261. The highest BCUT2D eigenvalue weighted by Crippen LogP contribution is 2.36. The molecule has 1 aromatic heterocycles.